The van der Waals surface area contributed by atoms with Gasteiger partial charge in [-0.05, 0) is 53.9 Å². The standard InChI is InChI=1S/C30H33N3O5/c1-5-38-30(35)24-14-12-22(13-15-24)18-37-19-25-9-7-11-27(31)28(25)29(34)33-21(3)20(2)32-17-23-8-6-10-26(16-23)36-4/h6-16,32H,2-3,5,17-19,31H2,1,4H3,(H,33,34). The van der Waals surface area contributed by atoms with Crippen LogP contribution in [0.2, 0.25) is 0 Å². The molecule has 4 N–H and O–H groups in total. The molecule has 38 heavy (non-hydrogen) atoms. The molecule has 3 aromatic rings. The van der Waals surface area contributed by atoms with Crippen LogP contribution in [0.4, 0.5) is 5.69 Å². The van der Waals surface area contributed by atoms with Crippen LogP contribution in [0.25, 0.3) is 0 Å². The van der Waals surface area contributed by atoms with Gasteiger partial charge in [0.25, 0.3) is 5.91 Å². The summed E-state index contributed by atoms with van der Waals surface area (Å²) in [6.07, 6.45) is 0. The van der Waals surface area contributed by atoms with Crippen LogP contribution in [0.3, 0.4) is 0 Å². The molecule has 8 heteroatoms. The van der Waals surface area contributed by atoms with E-state index in [0.717, 1.165) is 16.9 Å². The maximum Gasteiger partial charge on any atom is 0.338 e. The van der Waals surface area contributed by atoms with Crippen molar-refractivity contribution < 1.29 is 23.8 Å². The van der Waals surface area contributed by atoms with Crippen LogP contribution in [0, 0.1) is 0 Å². The minimum absolute atomic E-state index is 0.162. The van der Waals surface area contributed by atoms with E-state index in [0.29, 0.717) is 46.9 Å². The average molecular weight is 516 g/mol. The van der Waals surface area contributed by atoms with E-state index in [1.54, 1.807) is 56.5 Å². The highest BCUT2D eigenvalue weighted by molar-refractivity contribution is 6.01. The van der Waals surface area contributed by atoms with E-state index in [9.17, 15) is 9.59 Å². The number of benzene rings is 3. The first-order valence-electron chi connectivity index (χ1n) is 12.1. The summed E-state index contributed by atoms with van der Waals surface area (Å²) in [6.45, 7) is 10.9. The minimum Gasteiger partial charge on any atom is -0.497 e. The van der Waals surface area contributed by atoms with Crippen molar-refractivity contribution in [3.05, 3.63) is 119 Å². The summed E-state index contributed by atoms with van der Waals surface area (Å²) in [5.41, 5.74) is 10.6. The van der Waals surface area contributed by atoms with E-state index >= 15 is 0 Å². The number of nitrogens with one attached hydrogen (secondary N) is 2. The quantitative estimate of drug-likeness (QED) is 0.172. The van der Waals surface area contributed by atoms with Gasteiger partial charge in [0.1, 0.15) is 5.75 Å². The SMILES string of the molecule is C=C(NCc1cccc(OC)c1)C(=C)NC(=O)c1c(N)cccc1COCc1ccc(C(=O)OCC)cc1. The zero-order valence-electron chi connectivity index (χ0n) is 21.7. The van der Waals surface area contributed by atoms with Crippen molar-refractivity contribution in [3.8, 4) is 5.75 Å². The van der Waals surface area contributed by atoms with Gasteiger partial charge < -0.3 is 30.6 Å². The first kappa shape index (κ1) is 28.0. The van der Waals surface area contributed by atoms with E-state index in [1.807, 2.05) is 24.3 Å². The van der Waals surface area contributed by atoms with E-state index in [4.69, 9.17) is 19.9 Å². The van der Waals surface area contributed by atoms with Crippen molar-refractivity contribution in [2.75, 3.05) is 19.5 Å². The third kappa shape index (κ3) is 7.72. The third-order valence-corrected chi connectivity index (χ3v) is 5.67. The molecule has 0 aliphatic heterocycles. The lowest BCUT2D eigenvalue weighted by molar-refractivity contribution is 0.0526. The molecule has 8 nitrogen and oxygen atoms in total. The molecule has 0 spiro atoms. The van der Waals surface area contributed by atoms with Crippen LogP contribution < -0.4 is 21.1 Å². The van der Waals surface area contributed by atoms with E-state index in [1.165, 1.54) is 0 Å². The fourth-order valence-electron chi connectivity index (χ4n) is 3.62. The molecular formula is C30H33N3O5. The number of carbonyl (C=O) groups excluding carboxylic acids is 2. The van der Waals surface area contributed by atoms with Crippen LogP contribution in [0.5, 0.6) is 5.75 Å². The van der Waals surface area contributed by atoms with Crippen LogP contribution in [0.1, 0.15) is 44.3 Å². The van der Waals surface area contributed by atoms with Gasteiger partial charge in [0.15, 0.2) is 0 Å². The first-order valence-corrected chi connectivity index (χ1v) is 12.1. The Labute approximate surface area is 223 Å². The van der Waals surface area contributed by atoms with Crippen LogP contribution in [-0.4, -0.2) is 25.6 Å². The number of carbonyl (C=O) groups is 2. The molecule has 0 aromatic heterocycles. The Morgan fingerprint density at radius 3 is 2.37 bits per heavy atom. The van der Waals surface area contributed by atoms with Crippen molar-refractivity contribution >= 4 is 17.6 Å². The highest BCUT2D eigenvalue weighted by atomic mass is 16.5. The third-order valence-electron chi connectivity index (χ3n) is 5.67. The number of amides is 1. The van der Waals surface area contributed by atoms with Gasteiger partial charge in [0.05, 0.1) is 49.5 Å². The highest BCUT2D eigenvalue weighted by Gasteiger charge is 2.17. The number of nitrogens with two attached hydrogens (primary N) is 1. The topological polar surface area (TPSA) is 112 Å². The molecule has 0 fully saturated rings. The van der Waals surface area contributed by atoms with E-state index in [-0.39, 0.29) is 19.2 Å². The second-order valence-electron chi connectivity index (χ2n) is 8.41. The number of esters is 1. The number of rotatable bonds is 13. The Balaban J connectivity index is 1.57. The maximum atomic E-state index is 13.1. The average Bonchev–Trinajstić information content (AvgIpc) is 2.92. The number of ether oxygens (including phenoxy) is 3. The molecule has 0 radical (unpaired) electrons. The van der Waals surface area contributed by atoms with Gasteiger partial charge in [-0.2, -0.15) is 0 Å². The Bertz CT molecular complexity index is 1300. The summed E-state index contributed by atoms with van der Waals surface area (Å²) >= 11 is 0. The lowest BCUT2D eigenvalue weighted by Gasteiger charge is -2.16. The molecule has 0 aliphatic rings. The molecule has 0 unspecified atom stereocenters. The molecule has 1 amide bonds. The Morgan fingerprint density at radius 2 is 1.66 bits per heavy atom. The van der Waals surface area contributed by atoms with E-state index < -0.39 is 5.91 Å². The molecule has 0 atom stereocenters. The van der Waals surface area contributed by atoms with Crippen LogP contribution in [-0.2, 0) is 29.2 Å². The molecule has 3 rings (SSSR count). The number of nitrogen functional groups attached to an aromatic ring is 1. The van der Waals surface area contributed by atoms with Crippen molar-refractivity contribution in [1.82, 2.24) is 10.6 Å². The van der Waals surface area contributed by atoms with Gasteiger partial charge in [-0.15, -0.1) is 0 Å². The van der Waals surface area contributed by atoms with Crippen molar-refractivity contribution in [2.45, 2.75) is 26.7 Å². The Hall–Kier alpha value is -4.56. The molecule has 3 aromatic carbocycles. The summed E-state index contributed by atoms with van der Waals surface area (Å²) in [5.74, 6) is -0.0185. The molecule has 0 aliphatic carbocycles. The number of methoxy groups -OCH3 is 1. The summed E-state index contributed by atoms with van der Waals surface area (Å²) in [5, 5.41) is 5.93. The second-order valence-corrected chi connectivity index (χ2v) is 8.41. The molecule has 0 heterocycles. The minimum atomic E-state index is -0.408. The van der Waals surface area contributed by atoms with Gasteiger partial charge in [-0.3, -0.25) is 4.79 Å². The maximum absolute atomic E-state index is 13.1. The highest BCUT2D eigenvalue weighted by Crippen LogP contribution is 2.20. The van der Waals surface area contributed by atoms with Crippen molar-refractivity contribution in [1.29, 1.82) is 0 Å². The van der Waals surface area contributed by atoms with E-state index in [2.05, 4.69) is 23.8 Å². The fourth-order valence-corrected chi connectivity index (χ4v) is 3.62. The van der Waals surface area contributed by atoms with Gasteiger partial charge >= 0.3 is 5.97 Å². The van der Waals surface area contributed by atoms with Gasteiger partial charge in [-0.25, -0.2) is 4.79 Å². The predicted molar refractivity (Wildman–Crippen MR) is 147 cm³/mol. The molecule has 198 valence electrons. The lowest BCUT2D eigenvalue weighted by atomic mass is 10.0. The number of hydrogen-bond acceptors (Lipinski definition) is 7. The Kier molecular flexibility index (Phi) is 10.1. The summed E-state index contributed by atoms with van der Waals surface area (Å²) < 4.78 is 16.1. The Morgan fingerprint density at radius 1 is 0.921 bits per heavy atom. The number of anilines is 1. The zero-order valence-corrected chi connectivity index (χ0v) is 21.7. The predicted octanol–water partition coefficient (Wildman–Crippen LogP) is 4.72. The second kappa shape index (κ2) is 13.7. The summed E-state index contributed by atoms with van der Waals surface area (Å²) in [4.78, 5) is 24.9. The van der Waals surface area contributed by atoms with Gasteiger partial charge in [0, 0.05) is 12.2 Å². The van der Waals surface area contributed by atoms with Gasteiger partial charge in [0.2, 0.25) is 0 Å². The summed E-state index contributed by atoms with van der Waals surface area (Å²) in [6, 6.07) is 19.8. The monoisotopic (exact) mass is 515 g/mol. The number of hydrogen-bond donors (Lipinski definition) is 3. The smallest absolute Gasteiger partial charge is 0.338 e. The lowest BCUT2D eigenvalue weighted by Crippen LogP contribution is -2.28. The normalized spacial score (nSPS) is 10.4. The molecule has 0 saturated carbocycles. The zero-order chi connectivity index (χ0) is 27.5. The fraction of sp³-hybridized carbons (Fsp3) is 0.200. The largest absolute Gasteiger partial charge is 0.497 e. The summed E-state index contributed by atoms with van der Waals surface area (Å²) in [7, 11) is 1.61. The van der Waals surface area contributed by atoms with Crippen molar-refractivity contribution in [3.63, 3.8) is 0 Å². The molecular weight excluding hydrogens is 482 g/mol. The van der Waals surface area contributed by atoms with Gasteiger partial charge in [-0.1, -0.05) is 49.6 Å². The van der Waals surface area contributed by atoms with Crippen LogP contribution >= 0.6 is 0 Å². The van der Waals surface area contributed by atoms with Crippen molar-refractivity contribution in [2.24, 2.45) is 0 Å². The van der Waals surface area contributed by atoms with Crippen LogP contribution in [0.15, 0.2) is 91.3 Å². The molecule has 0 bridgehead atoms. The molecule has 0 saturated heterocycles. The first-order chi connectivity index (χ1) is 18.3.